The minimum absolute atomic E-state index is 0.124. The Morgan fingerprint density at radius 2 is 1.79 bits per heavy atom. The lowest BCUT2D eigenvalue weighted by Gasteiger charge is -2.15. The highest BCUT2D eigenvalue weighted by molar-refractivity contribution is 9.10. The van der Waals surface area contributed by atoms with E-state index in [1.54, 1.807) is 7.11 Å². The summed E-state index contributed by atoms with van der Waals surface area (Å²) in [5.41, 5.74) is 10.9. The summed E-state index contributed by atoms with van der Waals surface area (Å²) in [5.74, 6) is 0.890. The molecular formula is C16H18BrNO. The fraction of sp³-hybridized carbons (Fsp3) is 0.250. The van der Waals surface area contributed by atoms with Crippen LogP contribution in [0.2, 0.25) is 0 Å². The van der Waals surface area contributed by atoms with Gasteiger partial charge in [-0.25, -0.2) is 0 Å². The Balaban J connectivity index is 2.38. The Bertz CT molecular complexity index is 575. The van der Waals surface area contributed by atoms with Gasteiger partial charge in [0.2, 0.25) is 0 Å². The predicted molar refractivity (Wildman–Crippen MR) is 82.6 cm³/mol. The van der Waals surface area contributed by atoms with Crippen molar-refractivity contribution in [1.82, 2.24) is 0 Å². The van der Waals surface area contributed by atoms with Crippen LogP contribution in [0.1, 0.15) is 28.3 Å². The summed E-state index contributed by atoms with van der Waals surface area (Å²) < 4.78 is 6.33. The molecule has 0 fully saturated rings. The average Bonchev–Trinajstić information content (AvgIpc) is 2.36. The number of nitrogens with two attached hydrogens (primary N) is 1. The van der Waals surface area contributed by atoms with E-state index in [1.165, 1.54) is 5.56 Å². The zero-order valence-corrected chi connectivity index (χ0v) is 13.0. The lowest BCUT2D eigenvalue weighted by atomic mass is 9.97. The van der Waals surface area contributed by atoms with E-state index < -0.39 is 0 Å². The molecule has 0 spiro atoms. The van der Waals surface area contributed by atoms with Crippen molar-refractivity contribution in [2.24, 2.45) is 5.73 Å². The number of hydrogen-bond donors (Lipinski definition) is 1. The van der Waals surface area contributed by atoms with Gasteiger partial charge in [0.15, 0.2) is 0 Å². The van der Waals surface area contributed by atoms with Crippen LogP contribution >= 0.6 is 15.9 Å². The van der Waals surface area contributed by atoms with Crippen LogP contribution < -0.4 is 10.5 Å². The number of methoxy groups -OCH3 is 1. The van der Waals surface area contributed by atoms with E-state index in [1.807, 2.05) is 19.1 Å². The maximum absolute atomic E-state index is 6.35. The molecule has 0 saturated heterocycles. The molecule has 2 aromatic carbocycles. The Labute approximate surface area is 122 Å². The highest BCUT2D eigenvalue weighted by atomic mass is 79.9. The van der Waals surface area contributed by atoms with Gasteiger partial charge in [-0.2, -0.15) is 0 Å². The molecule has 2 aromatic rings. The van der Waals surface area contributed by atoms with E-state index in [-0.39, 0.29) is 6.04 Å². The monoisotopic (exact) mass is 319 g/mol. The van der Waals surface area contributed by atoms with Crippen molar-refractivity contribution in [1.29, 1.82) is 0 Å². The maximum Gasteiger partial charge on any atom is 0.121 e. The van der Waals surface area contributed by atoms with Crippen molar-refractivity contribution in [2.45, 2.75) is 19.9 Å². The third-order valence-electron chi connectivity index (χ3n) is 3.20. The second-order valence-corrected chi connectivity index (χ2v) is 5.68. The zero-order chi connectivity index (χ0) is 14.0. The molecule has 0 radical (unpaired) electrons. The first-order valence-corrected chi connectivity index (χ1v) is 6.98. The van der Waals surface area contributed by atoms with Crippen molar-refractivity contribution >= 4 is 15.9 Å². The first-order chi connectivity index (χ1) is 9.01. The van der Waals surface area contributed by atoms with E-state index in [0.29, 0.717) is 0 Å². The van der Waals surface area contributed by atoms with Gasteiger partial charge in [0, 0.05) is 4.47 Å². The summed E-state index contributed by atoms with van der Waals surface area (Å²) in [6.07, 6.45) is 0. The third kappa shape index (κ3) is 3.17. The topological polar surface area (TPSA) is 35.2 Å². The fourth-order valence-electron chi connectivity index (χ4n) is 2.23. The predicted octanol–water partition coefficient (Wildman–Crippen LogP) is 4.12. The number of aryl methyl sites for hydroxylation is 2. The van der Waals surface area contributed by atoms with Gasteiger partial charge in [-0.05, 0) is 54.3 Å². The summed E-state index contributed by atoms with van der Waals surface area (Å²) in [6.45, 7) is 4.10. The van der Waals surface area contributed by atoms with Gasteiger partial charge in [-0.15, -0.1) is 0 Å². The molecule has 2 N–H and O–H groups in total. The summed E-state index contributed by atoms with van der Waals surface area (Å²) in [7, 11) is 1.68. The largest absolute Gasteiger partial charge is 0.496 e. The van der Waals surface area contributed by atoms with Crippen LogP contribution in [-0.4, -0.2) is 7.11 Å². The molecule has 0 aliphatic rings. The summed E-state index contributed by atoms with van der Waals surface area (Å²) in [5, 5.41) is 0. The molecule has 19 heavy (non-hydrogen) atoms. The van der Waals surface area contributed by atoms with Crippen LogP contribution in [0.4, 0.5) is 0 Å². The lowest BCUT2D eigenvalue weighted by Crippen LogP contribution is -2.12. The number of hydrogen-bond acceptors (Lipinski definition) is 2. The van der Waals surface area contributed by atoms with Crippen LogP contribution in [0.25, 0.3) is 0 Å². The third-order valence-corrected chi connectivity index (χ3v) is 3.66. The van der Waals surface area contributed by atoms with E-state index in [0.717, 1.165) is 26.9 Å². The molecule has 0 saturated carbocycles. The van der Waals surface area contributed by atoms with E-state index in [9.17, 15) is 0 Å². The van der Waals surface area contributed by atoms with Crippen molar-refractivity contribution in [3.8, 4) is 5.75 Å². The Morgan fingerprint density at radius 1 is 1.05 bits per heavy atom. The molecule has 2 rings (SSSR count). The van der Waals surface area contributed by atoms with E-state index >= 15 is 0 Å². The smallest absolute Gasteiger partial charge is 0.121 e. The zero-order valence-electron chi connectivity index (χ0n) is 11.4. The second kappa shape index (κ2) is 5.76. The van der Waals surface area contributed by atoms with Gasteiger partial charge < -0.3 is 10.5 Å². The second-order valence-electron chi connectivity index (χ2n) is 4.77. The summed E-state index contributed by atoms with van der Waals surface area (Å²) >= 11 is 3.52. The number of halogens is 1. The van der Waals surface area contributed by atoms with Gasteiger partial charge in [0.25, 0.3) is 0 Å². The standard InChI is InChI=1S/C16H18BrNO/c1-10-6-13(9-14(17)7-10)16(18)12-4-5-15(19-3)11(2)8-12/h4-9,16H,18H2,1-3H3. The van der Waals surface area contributed by atoms with Crippen molar-refractivity contribution in [3.63, 3.8) is 0 Å². The molecular weight excluding hydrogens is 302 g/mol. The lowest BCUT2D eigenvalue weighted by molar-refractivity contribution is 0.411. The Kier molecular flexibility index (Phi) is 4.27. The maximum atomic E-state index is 6.35. The van der Waals surface area contributed by atoms with Crippen molar-refractivity contribution < 1.29 is 4.74 Å². The summed E-state index contributed by atoms with van der Waals surface area (Å²) in [4.78, 5) is 0. The van der Waals surface area contributed by atoms with Crippen LogP contribution in [-0.2, 0) is 0 Å². The molecule has 0 heterocycles. The molecule has 0 aliphatic heterocycles. The van der Waals surface area contributed by atoms with Crippen molar-refractivity contribution in [2.75, 3.05) is 7.11 Å². The average molecular weight is 320 g/mol. The highest BCUT2D eigenvalue weighted by Crippen LogP contribution is 2.27. The SMILES string of the molecule is COc1ccc(C(N)c2cc(C)cc(Br)c2)cc1C. The molecule has 100 valence electrons. The number of rotatable bonds is 3. The molecule has 2 nitrogen and oxygen atoms in total. The van der Waals surface area contributed by atoms with Crippen LogP contribution in [0, 0.1) is 13.8 Å². The number of benzene rings is 2. The molecule has 1 atom stereocenters. The normalized spacial score (nSPS) is 12.3. The fourth-order valence-corrected chi connectivity index (χ4v) is 2.86. The van der Waals surface area contributed by atoms with Gasteiger partial charge in [-0.3, -0.25) is 0 Å². The Hall–Kier alpha value is -1.32. The molecule has 0 bridgehead atoms. The quantitative estimate of drug-likeness (QED) is 0.923. The molecule has 3 heteroatoms. The molecule has 1 unspecified atom stereocenters. The first kappa shape index (κ1) is 14.1. The molecule has 0 aromatic heterocycles. The number of ether oxygens (including phenoxy) is 1. The van der Waals surface area contributed by atoms with Gasteiger partial charge in [0.1, 0.15) is 5.75 Å². The molecule has 0 amide bonds. The minimum Gasteiger partial charge on any atom is -0.496 e. The first-order valence-electron chi connectivity index (χ1n) is 6.18. The van der Waals surface area contributed by atoms with Gasteiger partial charge >= 0.3 is 0 Å². The van der Waals surface area contributed by atoms with Crippen molar-refractivity contribution in [3.05, 3.63) is 63.1 Å². The van der Waals surface area contributed by atoms with Gasteiger partial charge in [0.05, 0.1) is 13.2 Å². The van der Waals surface area contributed by atoms with Crippen LogP contribution in [0.5, 0.6) is 5.75 Å². The van der Waals surface area contributed by atoms with E-state index in [2.05, 4.69) is 47.1 Å². The van der Waals surface area contributed by atoms with Crippen LogP contribution in [0.15, 0.2) is 40.9 Å². The Morgan fingerprint density at radius 3 is 2.37 bits per heavy atom. The summed E-state index contributed by atoms with van der Waals surface area (Å²) in [6, 6.07) is 12.2. The molecule has 0 aliphatic carbocycles. The highest BCUT2D eigenvalue weighted by Gasteiger charge is 2.11. The van der Waals surface area contributed by atoms with Crippen LogP contribution in [0.3, 0.4) is 0 Å². The minimum atomic E-state index is -0.124. The van der Waals surface area contributed by atoms with E-state index in [4.69, 9.17) is 10.5 Å². The van der Waals surface area contributed by atoms with Gasteiger partial charge in [-0.1, -0.05) is 34.1 Å².